The van der Waals surface area contributed by atoms with E-state index < -0.39 is 0 Å². The van der Waals surface area contributed by atoms with E-state index in [1.807, 2.05) is 24.4 Å². The molecule has 21 heavy (non-hydrogen) atoms. The Morgan fingerprint density at radius 2 is 2.10 bits per heavy atom. The van der Waals surface area contributed by atoms with Crippen LogP contribution in [-0.2, 0) is 0 Å². The second-order valence-electron chi connectivity index (χ2n) is 5.33. The first-order chi connectivity index (χ1) is 10.2. The van der Waals surface area contributed by atoms with E-state index in [1.165, 1.54) is 11.1 Å². The molecule has 0 bridgehead atoms. The summed E-state index contributed by atoms with van der Waals surface area (Å²) >= 11 is 0. The lowest BCUT2D eigenvalue weighted by molar-refractivity contribution is 0.475. The van der Waals surface area contributed by atoms with Crippen molar-refractivity contribution in [1.29, 1.82) is 0 Å². The molecule has 2 rings (SSSR count). The Labute approximate surface area is 127 Å². The van der Waals surface area contributed by atoms with Crippen LogP contribution in [0.25, 0.3) is 5.57 Å². The van der Waals surface area contributed by atoms with Gasteiger partial charge in [-0.05, 0) is 43.0 Å². The number of hydrogen-bond acceptors (Lipinski definition) is 3. The van der Waals surface area contributed by atoms with Crippen molar-refractivity contribution >= 4 is 11.8 Å². The van der Waals surface area contributed by atoms with Crippen LogP contribution >= 0.6 is 0 Å². The van der Waals surface area contributed by atoms with Gasteiger partial charge in [-0.25, -0.2) is 0 Å². The average Bonchev–Trinajstić information content (AvgIpc) is 2.42. The number of aromatic hydroxyl groups is 1. The first-order valence-electron chi connectivity index (χ1n) is 7.62. The molecule has 1 aliphatic rings. The van der Waals surface area contributed by atoms with E-state index in [2.05, 4.69) is 26.1 Å². The minimum atomic E-state index is 0.296. The molecule has 3 heteroatoms. The zero-order valence-corrected chi connectivity index (χ0v) is 13.1. The van der Waals surface area contributed by atoms with Crippen LogP contribution in [0.4, 0.5) is 0 Å². The molecule has 0 amide bonds. The standard InChI is InChI=1S/C18H24N2O/c1-4-9-20-18(15-11-19-12-15)17(13(3)5-2)14-7-6-8-16(21)10-14/h6-10,19,21H,4-5,11-12H2,1-3H3. The highest BCUT2D eigenvalue weighted by molar-refractivity contribution is 5.84. The van der Waals surface area contributed by atoms with E-state index in [0.29, 0.717) is 5.75 Å². The van der Waals surface area contributed by atoms with E-state index in [0.717, 1.165) is 42.8 Å². The van der Waals surface area contributed by atoms with Crippen LogP contribution in [0.2, 0.25) is 0 Å². The third-order valence-corrected chi connectivity index (χ3v) is 3.74. The van der Waals surface area contributed by atoms with Gasteiger partial charge in [0.15, 0.2) is 0 Å². The Balaban J connectivity index is 2.57. The number of hydrogen-bond donors (Lipinski definition) is 2. The highest BCUT2D eigenvalue weighted by Crippen LogP contribution is 2.33. The van der Waals surface area contributed by atoms with Gasteiger partial charge in [0.05, 0.1) is 5.70 Å². The molecule has 1 heterocycles. The van der Waals surface area contributed by atoms with Gasteiger partial charge >= 0.3 is 0 Å². The summed E-state index contributed by atoms with van der Waals surface area (Å²) in [6.45, 7) is 8.19. The predicted octanol–water partition coefficient (Wildman–Crippen LogP) is 3.91. The normalized spacial score (nSPS) is 15.9. The number of phenolic OH excluding ortho intramolecular Hbond substituents is 1. The molecule has 0 atom stereocenters. The molecule has 0 spiro atoms. The lowest BCUT2D eigenvalue weighted by atomic mass is 9.92. The second-order valence-corrected chi connectivity index (χ2v) is 5.33. The maximum absolute atomic E-state index is 9.79. The van der Waals surface area contributed by atoms with Gasteiger partial charge in [0.25, 0.3) is 0 Å². The Morgan fingerprint density at radius 1 is 1.33 bits per heavy atom. The van der Waals surface area contributed by atoms with E-state index in [4.69, 9.17) is 4.99 Å². The van der Waals surface area contributed by atoms with Crippen molar-refractivity contribution in [3.8, 4) is 5.75 Å². The van der Waals surface area contributed by atoms with Gasteiger partial charge in [0.1, 0.15) is 5.75 Å². The number of aliphatic imine (C=N–C) groups is 1. The lowest BCUT2D eigenvalue weighted by Crippen LogP contribution is -2.35. The molecule has 3 nitrogen and oxygen atoms in total. The van der Waals surface area contributed by atoms with Crippen LogP contribution in [0.3, 0.4) is 0 Å². The fourth-order valence-corrected chi connectivity index (χ4v) is 2.36. The highest BCUT2D eigenvalue weighted by atomic mass is 16.3. The van der Waals surface area contributed by atoms with Crippen LogP contribution in [0.15, 0.2) is 46.1 Å². The first kappa shape index (κ1) is 15.5. The lowest BCUT2D eigenvalue weighted by Gasteiger charge is -2.24. The minimum Gasteiger partial charge on any atom is -0.508 e. The quantitative estimate of drug-likeness (QED) is 0.805. The third-order valence-electron chi connectivity index (χ3n) is 3.74. The van der Waals surface area contributed by atoms with Crippen molar-refractivity contribution in [2.45, 2.75) is 33.6 Å². The van der Waals surface area contributed by atoms with E-state index in [9.17, 15) is 5.11 Å². The number of phenols is 1. The van der Waals surface area contributed by atoms with Crippen LogP contribution in [0.5, 0.6) is 5.75 Å². The summed E-state index contributed by atoms with van der Waals surface area (Å²) in [6, 6.07) is 7.46. The summed E-state index contributed by atoms with van der Waals surface area (Å²) in [4.78, 5) is 4.71. The van der Waals surface area contributed by atoms with E-state index >= 15 is 0 Å². The van der Waals surface area contributed by atoms with E-state index in [-0.39, 0.29) is 0 Å². The number of allylic oxidation sites excluding steroid dienone is 2. The summed E-state index contributed by atoms with van der Waals surface area (Å²) in [5, 5.41) is 13.1. The predicted molar refractivity (Wildman–Crippen MR) is 89.7 cm³/mol. The van der Waals surface area contributed by atoms with Crippen LogP contribution in [-0.4, -0.2) is 24.4 Å². The fourth-order valence-electron chi connectivity index (χ4n) is 2.36. The van der Waals surface area contributed by atoms with Gasteiger partial charge in [0, 0.05) is 24.9 Å². The molecule has 0 radical (unpaired) electrons. The van der Waals surface area contributed by atoms with Gasteiger partial charge in [0.2, 0.25) is 0 Å². The Morgan fingerprint density at radius 3 is 2.62 bits per heavy atom. The van der Waals surface area contributed by atoms with Crippen molar-refractivity contribution in [1.82, 2.24) is 5.32 Å². The van der Waals surface area contributed by atoms with Crippen molar-refractivity contribution < 1.29 is 5.11 Å². The molecule has 112 valence electrons. The van der Waals surface area contributed by atoms with Gasteiger partial charge in [-0.3, -0.25) is 4.99 Å². The number of nitrogens with zero attached hydrogens (tertiary/aromatic N) is 1. The van der Waals surface area contributed by atoms with Gasteiger partial charge in [-0.2, -0.15) is 0 Å². The number of nitrogens with one attached hydrogen (secondary N) is 1. The van der Waals surface area contributed by atoms with Crippen molar-refractivity contribution in [2.24, 2.45) is 4.99 Å². The molecule has 1 aromatic rings. The summed E-state index contributed by atoms with van der Waals surface area (Å²) in [5.41, 5.74) is 5.90. The monoisotopic (exact) mass is 284 g/mol. The molecule has 0 aliphatic carbocycles. The first-order valence-corrected chi connectivity index (χ1v) is 7.62. The molecule has 1 fully saturated rings. The number of rotatable bonds is 5. The van der Waals surface area contributed by atoms with Crippen LogP contribution in [0, 0.1) is 0 Å². The zero-order chi connectivity index (χ0) is 15.2. The number of benzene rings is 1. The highest BCUT2D eigenvalue weighted by Gasteiger charge is 2.19. The molecule has 1 aromatic carbocycles. The smallest absolute Gasteiger partial charge is 0.116 e. The summed E-state index contributed by atoms with van der Waals surface area (Å²) in [6.07, 6.45) is 3.85. The summed E-state index contributed by atoms with van der Waals surface area (Å²) in [7, 11) is 0. The Hall–Kier alpha value is -1.87. The molecular formula is C18H24N2O. The second kappa shape index (κ2) is 7.23. The molecular weight excluding hydrogens is 260 g/mol. The van der Waals surface area contributed by atoms with Crippen LogP contribution in [0.1, 0.15) is 39.2 Å². The average molecular weight is 284 g/mol. The minimum absolute atomic E-state index is 0.296. The Bertz CT molecular complexity index is 591. The fraction of sp³-hybridized carbons (Fsp3) is 0.389. The van der Waals surface area contributed by atoms with Crippen molar-refractivity contribution in [3.05, 3.63) is 46.7 Å². The topological polar surface area (TPSA) is 44.6 Å². The van der Waals surface area contributed by atoms with Gasteiger partial charge in [-0.15, -0.1) is 0 Å². The summed E-state index contributed by atoms with van der Waals surface area (Å²) < 4.78 is 0. The van der Waals surface area contributed by atoms with E-state index in [1.54, 1.807) is 6.07 Å². The molecule has 1 saturated heterocycles. The van der Waals surface area contributed by atoms with Gasteiger partial charge in [-0.1, -0.05) is 31.6 Å². The summed E-state index contributed by atoms with van der Waals surface area (Å²) in [5.74, 6) is 0.296. The maximum Gasteiger partial charge on any atom is 0.116 e. The van der Waals surface area contributed by atoms with Gasteiger partial charge < -0.3 is 10.4 Å². The van der Waals surface area contributed by atoms with Crippen LogP contribution < -0.4 is 5.32 Å². The Kier molecular flexibility index (Phi) is 5.34. The largest absolute Gasteiger partial charge is 0.508 e. The molecule has 1 aliphatic heterocycles. The maximum atomic E-state index is 9.79. The van der Waals surface area contributed by atoms with Crippen molar-refractivity contribution in [3.63, 3.8) is 0 Å². The molecule has 2 N–H and O–H groups in total. The molecule has 0 saturated carbocycles. The van der Waals surface area contributed by atoms with Crippen molar-refractivity contribution in [2.75, 3.05) is 13.1 Å². The molecule has 0 unspecified atom stereocenters. The SMILES string of the molecule is CCC=NC(=C1CNC1)C(=C(C)CC)c1cccc(O)c1. The third kappa shape index (κ3) is 3.61. The molecule has 0 aromatic heterocycles. The zero-order valence-electron chi connectivity index (χ0n) is 13.1.